The van der Waals surface area contributed by atoms with Gasteiger partial charge in [0.2, 0.25) is 0 Å². The molecular weight excluding hydrogens is 668 g/mol. The van der Waals surface area contributed by atoms with E-state index in [9.17, 15) is 34.8 Å². The largest absolute Gasteiger partial charge is 0.479 e. The number of carboxylic acids is 1. The summed E-state index contributed by atoms with van der Waals surface area (Å²) in [6, 6.07) is 0. The maximum absolute atomic E-state index is 12.7. The average Bonchev–Trinajstić information content (AvgIpc) is 3.12. The minimum atomic E-state index is -1.86. The summed E-state index contributed by atoms with van der Waals surface area (Å²) in [5.41, 5.74) is 0. The second-order valence-electron chi connectivity index (χ2n) is 13.8. The van der Waals surface area contributed by atoms with Crippen LogP contribution in [-0.2, 0) is 33.3 Å². The van der Waals surface area contributed by atoms with E-state index in [1.807, 2.05) is 0 Å². The molecular formula is C41H70O11. The quantitative estimate of drug-likeness (QED) is 0.0304. The van der Waals surface area contributed by atoms with Crippen LogP contribution in [0.4, 0.5) is 0 Å². The van der Waals surface area contributed by atoms with Gasteiger partial charge in [-0.05, 0) is 64.2 Å². The molecule has 1 rings (SSSR count). The van der Waals surface area contributed by atoms with Gasteiger partial charge in [-0.3, -0.25) is 9.59 Å². The van der Waals surface area contributed by atoms with Crippen molar-refractivity contribution in [2.24, 2.45) is 0 Å². The summed E-state index contributed by atoms with van der Waals surface area (Å²) in [4.78, 5) is 36.6. The molecule has 300 valence electrons. The molecule has 11 nitrogen and oxygen atoms in total. The van der Waals surface area contributed by atoms with E-state index in [0.29, 0.717) is 12.8 Å². The molecule has 0 aliphatic carbocycles. The molecule has 0 radical (unpaired) electrons. The standard InChI is InChI=1S/C41H70O11/c1-3-5-7-9-11-13-15-16-17-18-19-20-22-23-25-27-29-34(42)49-31-33(32-50-41-38(46)36(44)37(45)39(52-41)40(47)48)51-35(43)30-28-26-24-21-14-12-10-8-6-4-2/h8,10,13,15,17-18,33,36-39,41,44-46H,3-7,9,11-12,14,16,19-32H2,1-2H3,(H,47,48)/b10-8-,15-13-,18-17-. The summed E-state index contributed by atoms with van der Waals surface area (Å²) in [6.07, 6.45) is 25.0. The van der Waals surface area contributed by atoms with E-state index in [-0.39, 0.29) is 19.4 Å². The van der Waals surface area contributed by atoms with Crippen LogP contribution < -0.4 is 0 Å². The Morgan fingerprint density at radius 3 is 1.69 bits per heavy atom. The minimum absolute atomic E-state index is 0.168. The van der Waals surface area contributed by atoms with E-state index < -0.39 is 61.3 Å². The van der Waals surface area contributed by atoms with Crippen LogP contribution in [0.1, 0.15) is 155 Å². The highest BCUT2D eigenvalue weighted by atomic mass is 16.7. The highest BCUT2D eigenvalue weighted by Crippen LogP contribution is 2.23. The number of unbranched alkanes of at least 4 members (excludes halogenated alkanes) is 15. The fourth-order valence-electron chi connectivity index (χ4n) is 5.73. The number of hydrogen-bond donors (Lipinski definition) is 4. The number of ether oxygens (including phenoxy) is 4. The van der Waals surface area contributed by atoms with Crippen molar-refractivity contribution in [2.75, 3.05) is 13.2 Å². The lowest BCUT2D eigenvalue weighted by Crippen LogP contribution is -2.60. The third-order valence-electron chi connectivity index (χ3n) is 8.94. The number of aliphatic carboxylic acids is 1. The van der Waals surface area contributed by atoms with E-state index >= 15 is 0 Å². The molecule has 0 spiro atoms. The minimum Gasteiger partial charge on any atom is -0.479 e. The fraction of sp³-hybridized carbons (Fsp3) is 0.780. The van der Waals surface area contributed by atoms with Gasteiger partial charge in [0.25, 0.3) is 0 Å². The lowest BCUT2D eigenvalue weighted by molar-refractivity contribution is -0.298. The first-order chi connectivity index (χ1) is 25.2. The molecule has 1 aliphatic heterocycles. The smallest absolute Gasteiger partial charge is 0.335 e. The summed E-state index contributed by atoms with van der Waals surface area (Å²) < 4.78 is 21.6. The van der Waals surface area contributed by atoms with Crippen LogP contribution in [0.25, 0.3) is 0 Å². The SMILES string of the molecule is CCC/C=C\CCCCCCCC(=O)OC(COC(=O)CCCCCCC/C=C\C/C=C\CCCCCC)COC1OC(C(=O)O)C(O)C(O)C1O. The van der Waals surface area contributed by atoms with Gasteiger partial charge in [-0.25, -0.2) is 4.79 Å². The molecule has 6 atom stereocenters. The van der Waals surface area contributed by atoms with Crippen LogP contribution in [0.15, 0.2) is 36.5 Å². The van der Waals surface area contributed by atoms with Gasteiger partial charge in [0, 0.05) is 12.8 Å². The van der Waals surface area contributed by atoms with Crippen molar-refractivity contribution < 1.29 is 53.8 Å². The maximum atomic E-state index is 12.7. The van der Waals surface area contributed by atoms with Gasteiger partial charge in [0.1, 0.15) is 24.9 Å². The Morgan fingerprint density at radius 1 is 0.596 bits per heavy atom. The first-order valence-corrected chi connectivity index (χ1v) is 20.0. The third kappa shape index (κ3) is 23.9. The molecule has 0 aromatic heterocycles. The van der Waals surface area contributed by atoms with Crippen LogP contribution in [0.5, 0.6) is 0 Å². The molecule has 0 aromatic carbocycles. The Kier molecular flexibility index (Phi) is 29.1. The molecule has 1 saturated heterocycles. The second kappa shape index (κ2) is 31.9. The van der Waals surface area contributed by atoms with Gasteiger partial charge in [0.15, 0.2) is 18.5 Å². The lowest BCUT2D eigenvalue weighted by Gasteiger charge is -2.38. The summed E-state index contributed by atoms with van der Waals surface area (Å²) in [7, 11) is 0. The average molecular weight is 739 g/mol. The molecule has 1 heterocycles. The van der Waals surface area contributed by atoms with Crippen molar-refractivity contribution in [2.45, 2.75) is 192 Å². The van der Waals surface area contributed by atoms with E-state index in [0.717, 1.165) is 89.9 Å². The Morgan fingerprint density at radius 2 is 1.12 bits per heavy atom. The number of aliphatic hydroxyl groups excluding tert-OH is 3. The summed E-state index contributed by atoms with van der Waals surface area (Å²) in [5, 5.41) is 39.6. The van der Waals surface area contributed by atoms with Crippen molar-refractivity contribution in [3.63, 3.8) is 0 Å². The number of carbonyl (C=O) groups is 3. The molecule has 0 saturated carbocycles. The van der Waals surface area contributed by atoms with Gasteiger partial charge in [0.05, 0.1) is 6.61 Å². The summed E-state index contributed by atoms with van der Waals surface area (Å²) in [6.45, 7) is 3.68. The number of carboxylic acid groups (broad SMARTS) is 1. The van der Waals surface area contributed by atoms with E-state index in [1.165, 1.54) is 25.7 Å². The summed E-state index contributed by atoms with van der Waals surface area (Å²) >= 11 is 0. The van der Waals surface area contributed by atoms with Crippen LogP contribution >= 0.6 is 0 Å². The number of rotatable bonds is 32. The van der Waals surface area contributed by atoms with Gasteiger partial charge in [-0.1, -0.05) is 115 Å². The van der Waals surface area contributed by atoms with E-state index in [4.69, 9.17) is 18.9 Å². The molecule has 0 amide bonds. The monoisotopic (exact) mass is 738 g/mol. The zero-order valence-corrected chi connectivity index (χ0v) is 32.0. The predicted octanol–water partition coefficient (Wildman–Crippen LogP) is 7.64. The van der Waals surface area contributed by atoms with Gasteiger partial charge in [-0.2, -0.15) is 0 Å². The molecule has 52 heavy (non-hydrogen) atoms. The number of carbonyl (C=O) groups excluding carboxylic acids is 2. The van der Waals surface area contributed by atoms with Crippen molar-refractivity contribution in [1.29, 1.82) is 0 Å². The highest BCUT2D eigenvalue weighted by molar-refractivity contribution is 5.73. The van der Waals surface area contributed by atoms with Crippen LogP contribution in [0, 0.1) is 0 Å². The number of esters is 2. The third-order valence-corrected chi connectivity index (χ3v) is 8.94. The Bertz CT molecular complexity index is 1010. The first kappa shape index (κ1) is 47.5. The zero-order valence-electron chi connectivity index (χ0n) is 32.0. The summed E-state index contributed by atoms with van der Waals surface area (Å²) in [5.74, 6) is -2.48. The molecule has 1 fully saturated rings. The van der Waals surface area contributed by atoms with Crippen molar-refractivity contribution >= 4 is 17.9 Å². The normalized spacial score (nSPS) is 21.3. The van der Waals surface area contributed by atoms with Crippen LogP contribution in [-0.4, -0.2) is 88.4 Å². The van der Waals surface area contributed by atoms with Gasteiger partial charge >= 0.3 is 17.9 Å². The Balaban J connectivity index is 2.42. The molecule has 4 N–H and O–H groups in total. The van der Waals surface area contributed by atoms with Crippen LogP contribution in [0.3, 0.4) is 0 Å². The Hall–Kier alpha value is -2.57. The first-order valence-electron chi connectivity index (χ1n) is 20.0. The highest BCUT2D eigenvalue weighted by Gasteiger charge is 2.47. The zero-order chi connectivity index (χ0) is 38.2. The van der Waals surface area contributed by atoms with Gasteiger partial charge in [-0.15, -0.1) is 0 Å². The van der Waals surface area contributed by atoms with E-state index in [1.54, 1.807) is 0 Å². The predicted molar refractivity (Wildman–Crippen MR) is 201 cm³/mol. The van der Waals surface area contributed by atoms with Crippen LogP contribution in [0.2, 0.25) is 0 Å². The number of aliphatic hydroxyl groups is 3. The fourth-order valence-corrected chi connectivity index (χ4v) is 5.73. The lowest BCUT2D eigenvalue weighted by atomic mass is 9.99. The van der Waals surface area contributed by atoms with Gasteiger partial charge < -0.3 is 39.4 Å². The number of allylic oxidation sites excluding steroid dienone is 6. The molecule has 1 aliphatic rings. The molecule has 11 heteroatoms. The van der Waals surface area contributed by atoms with Crippen molar-refractivity contribution in [1.82, 2.24) is 0 Å². The van der Waals surface area contributed by atoms with Crippen molar-refractivity contribution in [3.05, 3.63) is 36.5 Å². The maximum Gasteiger partial charge on any atom is 0.335 e. The van der Waals surface area contributed by atoms with E-state index in [2.05, 4.69) is 50.3 Å². The Labute approximate surface area is 312 Å². The molecule has 6 unspecified atom stereocenters. The number of hydrogen-bond acceptors (Lipinski definition) is 10. The molecule has 0 bridgehead atoms. The van der Waals surface area contributed by atoms with Crippen molar-refractivity contribution in [3.8, 4) is 0 Å². The molecule has 0 aromatic rings. The topological polar surface area (TPSA) is 169 Å². The second-order valence-corrected chi connectivity index (χ2v) is 13.8.